The molecular weight excluding hydrogens is 456 g/mol. The van der Waals surface area contributed by atoms with Crippen LogP contribution in [-0.2, 0) is 34.2 Å². The van der Waals surface area contributed by atoms with Crippen LogP contribution < -0.4 is 0 Å². The van der Waals surface area contributed by atoms with Crippen LogP contribution in [0.4, 0.5) is 0 Å². The van der Waals surface area contributed by atoms with Gasteiger partial charge in [0.2, 0.25) is 15.9 Å². The molecule has 9 heteroatoms. The maximum Gasteiger partial charge on any atom is 0.243 e. The lowest BCUT2D eigenvalue weighted by Crippen LogP contribution is -2.51. The van der Waals surface area contributed by atoms with E-state index in [1.165, 1.54) is 11.1 Å². The molecule has 1 aromatic carbocycles. The molecule has 0 saturated carbocycles. The first kappa shape index (κ1) is 23.0. The van der Waals surface area contributed by atoms with Gasteiger partial charge in [-0.3, -0.25) is 9.69 Å². The molecule has 0 bridgehead atoms. The summed E-state index contributed by atoms with van der Waals surface area (Å²) in [4.78, 5) is 22.4. The van der Waals surface area contributed by atoms with E-state index < -0.39 is 10.0 Å². The minimum atomic E-state index is -3.50. The maximum atomic E-state index is 13.2. The van der Waals surface area contributed by atoms with Gasteiger partial charge < -0.3 is 4.90 Å². The number of carbonyl (C=O) groups excluding carboxylic acids is 1. The second kappa shape index (κ2) is 9.44. The van der Waals surface area contributed by atoms with Gasteiger partial charge in [0.15, 0.2) is 0 Å². The van der Waals surface area contributed by atoms with E-state index in [2.05, 4.69) is 15.3 Å². The third-order valence-electron chi connectivity index (χ3n) is 7.25. The maximum absolute atomic E-state index is 13.2. The highest BCUT2D eigenvalue weighted by Gasteiger charge is 2.35. The van der Waals surface area contributed by atoms with E-state index in [1.807, 2.05) is 24.0 Å². The number of fused-ring (bicyclic) bond motifs is 1. The van der Waals surface area contributed by atoms with Crippen molar-refractivity contribution in [1.82, 2.24) is 19.1 Å². The number of thiazole rings is 1. The Morgan fingerprint density at radius 3 is 2.48 bits per heavy atom. The van der Waals surface area contributed by atoms with Gasteiger partial charge in [0.05, 0.1) is 15.6 Å². The molecule has 0 unspecified atom stereocenters. The van der Waals surface area contributed by atoms with Crippen molar-refractivity contribution in [3.8, 4) is 0 Å². The number of carbonyl (C=O) groups is 1. The zero-order valence-corrected chi connectivity index (χ0v) is 20.8. The van der Waals surface area contributed by atoms with Crippen LogP contribution in [0, 0.1) is 12.8 Å². The Balaban J connectivity index is 1.13. The quantitative estimate of drug-likeness (QED) is 0.647. The number of aromatic nitrogens is 1. The van der Waals surface area contributed by atoms with Crippen LogP contribution in [-0.4, -0.2) is 72.7 Å². The normalized spacial score (nSPS) is 20.8. The van der Waals surface area contributed by atoms with Gasteiger partial charge in [0.1, 0.15) is 0 Å². The number of aryl methyl sites for hydroxylation is 3. The van der Waals surface area contributed by atoms with Gasteiger partial charge in [-0.2, -0.15) is 4.31 Å². The lowest BCUT2D eigenvalue weighted by molar-refractivity contribution is -0.138. The molecule has 3 aliphatic rings. The molecule has 2 aromatic rings. The summed E-state index contributed by atoms with van der Waals surface area (Å²) in [5.74, 6) is 0.109. The Hall–Kier alpha value is -1.81. The molecule has 5 rings (SSSR count). The molecule has 1 aromatic heterocycles. The number of rotatable bonds is 5. The molecule has 2 fully saturated rings. The van der Waals surface area contributed by atoms with Gasteiger partial charge >= 0.3 is 0 Å². The zero-order valence-electron chi connectivity index (χ0n) is 19.2. The molecule has 178 valence electrons. The summed E-state index contributed by atoms with van der Waals surface area (Å²) in [6, 6.07) is 5.59. The molecule has 0 N–H and O–H groups in total. The van der Waals surface area contributed by atoms with Crippen molar-refractivity contribution in [1.29, 1.82) is 0 Å². The minimum Gasteiger partial charge on any atom is -0.340 e. The predicted octanol–water partition coefficient (Wildman–Crippen LogP) is 2.69. The lowest BCUT2D eigenvalue weighted by atomic mass is 9.96. The van der Waals surface area contributed by atoms with Crippen molar-refractivity contribution in [2.75, 3.05) is 39.3 Å². The number of piperidine rings is 1. The fourth-order valence-corrected chi connectivity index (χ4v) is 7.42. The summed E-state index contributed by atoms with van der Waals surface area (Å²) in [5, 5.41) is 3.20. The number of sulfonamides is 1. The fourth-order valence-electron chi connectivity index (χ4n) is 5.30. The smallest absolute Gasteiger partial charge is 0.243 e. The first-order chi connectivity index (χ1) is 15.9. The molecule has 0 atom stereocenters. The van der Waals surface area contributed by atoms with E-state index in [-0.39, 0.29) is 11.8 Å². The van der Waals surface area contributed by atoms with Gasteiger partial charge in [0.25, 0.3) is 0 Å². The van der Waals surface area contributed by atoms with E-state index in [1.54, 1.807) is 21.7 Å². The van der Waals surface area contributed by atoms with Crippen molar-refractivity contribution >= 4 is 27.3 Å². The predicted molar refractivity (Wildman–Crippen MR) is 129 cm³/mol. The minimum absolute atomic E-state index is 0.0794. The molecule has 1 amide bonds. The van der Waals surface area contributed by atoms with Crippen molar-refractivity contribution in [2.45, 2.75) is 50.5 Å². The second-order valence-electron chi connectivity index (χ2n) is 9.42. The van der Waals surface area contributed by atoms with Crippen LogP contribution in [0.2, 0.25) is 0 Å². The van der Waals surface area contributed by atoms with Crippen molar-refractivity contribution in [3.63, 3.8) is 0 Å². The molecule has 2 saturated heterocycles. The molecular formula is C24H32N4O3S2. The lowest BCUT2D eigenvalue weighted by Gasteiger charge is -2.38. The van der Waals surface area contributed by atoms with Crippen molar-refractivity contribution in [3.05, 3.63) is 45.4 Å². The molecule has 0 radical (unpaired) electrons. The van der Waals surface area contributed by atoms with E-state index in [4.69, 9.17) is 0 Å². The number of nitrogens with zero attached hydrogens (tertiary/aromatic N) is 4. The van der Waals surface area contributed by atoms with Crippen LogP contribution >= 0.6 is 11.3 Å². The van der Waals surface area contributed by atoms with E-state index in [0.29, 0.717) is 30.8 Å². The number of benzene rings is 1. The summed E-state index contributed by atoms with van der Waals surface area (Å²) < 4.78 is 27.9. The highest BCUT2D eigenvalue weighted by molar-refractivity contribution is 7.89. The molecule has 33 heavy (non-hydrogen) atoms. The molecule has 2 aliphatic heterocycles. The van der Waals surface area contributed by atoms with Crippen LogP contribution in [0.3, 0.4) is 0 Å². The second-order valence-corrected chi connectivity index (χ2v) is 12.4. The molecule has 0 spiro atoms. The third-order valence-corrected chi connectivity index (χ3v) is 9.96. The zero-order chi connectivity index (χ0) is 23.0. The van der Waals surface area contributed by atoms with Crippen LogP contribution in [0.5, 0.6) is 0 Å². The first-order valence-electron chi connectivity index (χ1n) is 11.9. The van der Waals surface area contributed by atoms with Crippen molar-refractivity contribution in [2.24, 2.45) is 5.92 Å². The Morgan fingerprint density at radius 1 is 1.06 bits per heavy atom. The van der Waals surface area contributed by atoms with Crippen LogP contribution in [0.25, 0.3) is 0 Å². The van der Waals surface area contributed by atoms with Gasteiger partial charge in [-0.25, -0.2) is 13.4 Å². The van der Waals surface area contributed by atoms with Crippen molar-refractivity contribution < 1.29 is 13.2 Å². The summed E-state index contributed by atoms with van der Waals surface area (Å²) in [6.07, 6.45) is 4.31. The number of hydrogen-bond donors (Lipinski definition) is 0. The fraction of sp³-hybridized carbons (Fsp3) is 0.583. The monoisotopic (exact) mass is 488 g/mol. The average Bonchev–Trinajstić information content (AvgIpc) is 3.47. The molecule has 3 heterocycles. The summed E-state index contributed by atoms with van der Waals surface area (Å²) >= 11 is 1.67. The van der Waals surface area contributed by atoms with E-state index in [9.17, 15) is 13.2 Å². The largest absolute Gasteiger partial charge is 0.340 e. The molecule has 7 nitrogen and oxygen atoms in total. The van der Waals surface area contributed by atoms with Gasteiger partial charge in [-0.05, 0) is 62.3 Å². The van der Waals surface area contributed by atoms with E-state index in [0.717, 1.165) is 62.7 Å². The Morgan fingerprint density at radius 2 is 1.79 bits per heavy atom. The highest BCUT2D eigenvalue weighted by Crippen LogP contribution is 2.29. The number of amides is 1. The summed E-state index contributed by atoms with van der Waals surface area (Å²) in [6.45, 7) is 6.86. The standard InChI is InChI=1S/C24H32N4O3S2/c1-18-25-22(17-32-18)16-26-11-13-27(14-12-26)24(29)20-7-9-28(10-8-20)33(30,31)23-6-5-19-3-2-4-21(19)15-23/h5-6,15,17,20H,2-4,7-14,16H2,1H3. The highest BCUT2D eigenvalue weighted by atomic mass is 32.2. The number of piperazine rings is 1. The summed E-state index contributed by atoms with van der Waals surface area (Å²) in [7, 11) is -3.50. The van der Waals surface area contributed by atoms with Gasteiger partial charge in [-0.1, -0.05) is 6.07 Å². The van der Waals surface area contributed by atoms with Gasteiger partial charge in [-0.15, -0.1) is 11.3 Å². The van der Waals surface area contributed by atoms with Crippen LogP contribution in [0.15, 0.2) is 28.5 Å². The SMILES string of the molecule is Cc1nc(CN2CCN(C(=O)C3CCN(S(=O)(=O)c4ccc5c(c4)CCC5)CC3)CC2)cs1. The average molecular weight is 489 g/mol. The van der Waals surface area contributed by atoms with Gasteiger partial charge in [0, 0.05) is 57.1 Å². The Labute approximate surface area is 200 Å². The third kappa shape index (κ3) is 4.87. The molecule has 1 aliphatic carbocycles. The van der Waals surface area contributed by atoms with Crippen LogP contribution in [0.1, 0.15) is 41.1 Å². The topological polar surface area (TPSA) is 73.8 Å². The first-order valence-corrected chi connectivity index (χ1v) is 14.3. The summed E-state index contributed by atoms with van der Waals surface area (Å²) in [5.41, 5.74) is 3.56. The van der Waals surface area contributed by atoms with E-state index >= 15 is 0 Å². The number of hydrogen-bond acceptors (Lipinski definition) is 6. The Kier molecular flexibility index (Phi) is 6.57. The Bertz CT molecular complexity index is 1110.